The molecule has 0 spiro atoms. The van der Waals surface area contributed by atoms with E-state index >= 15 is 0 Å². The van der Waals surface area contributed by atoms with Crippen LogP contribution in [0, 0.1) is 11.8 Å². The van der Waals surface area contributed by atoms with Crippen LogP contribution in [-0.2, 0) is 4.79 Å². The molecule has 7 heteroatoms. The van der Waals surface area contributed by atoms with E-state index in [1.165, 1.54) is 18.9 Å². The molecule has 20 heavy (non-hydrogen) atoms. The quantitative estimate of drug-likeness (QED) is 0.816. The molecule has 5 nitrogen and oxygen atoms in total. The van der Waals surface area contributed by atoms with E-state index < -0.39 is 24.2 Å². The average molecular weight is 292 g/mol. The van der Waals surface area contributed by atoms with E-state index in [0.29, 0.717) is 25.7 Å². The molecule has 0 saturated heterocycles. The second kappa shape index (κ2) is 7.40. The summed E-state index contributed by atoms with van der Waals surface area (Å²) in [6.07, 6.45) is -0.368. The van der Waals surface area contributed by atoms with Crippen molar-refractivity contribution in [2.24, 2.45) is 11.8 Å². The van der Waals surface area contributed by atoms with Crippen molar-refractivity contribution in [2.45, 2.75) is 45.1 Å². The number of carbonyl (C=O) groups excluding carboxylic acids is 1. The minimum Gasteiger partial charge on any atom is -0.481 e. The van der Waals surface area contributed by atoms with E-state index in [1.807, 2.05) is 0 Å². The van der Waals surface area contributed by atoms with Gasteiger partial charge in [-0.3, -0.25) is 4.79 Å². The molecule has 0 heterocycles. The average Bonchev–Trinajstić information content (AvgIpc) is 2.38. The van der Waals surface area contributed by atoms with Crippen molar-refractivity contribution in [1.82, 2.24) is 10.2 Å². The SMILES string of the molecule is CC(CN(C)C(=O)NC1CCC(C(F)F)CC1)C(=O)O. The number of amides is 2. The van der Waals surface area contributed by atoms with Crippen molar-refractivity contribution >= 4 is 12.0 Å². The van der Waals surface area contributed by atoms with E-state index in [2.05, 4.69) is 5.32 Å². The Hall–Kier alpha value is -1.40. The molecule has 2 amide bonds. The number of carboxylic acids is 1. The summed E-state index contributed by atoms with van der Waals surface area (Å²) in [6.45, 7) is 1.65. The molecular formula is C13H22F2N2O3. The smallest absolute Gasteiger partial charge is 0.317 e. The molecule has 1 aliphatic rings. The van der Waals surface area contributed by atoms with Crippen LogP contribution in [0.2, 0.25) is 0 Å². The lowest BCUT2D eigenvalue weighted by Crippen LogP contribution is -2.46. The Morgan fingerprint density at radius 1 is 1.30 bits per heavy atom. The Balaban J connectivity index is 2.34. The molecule has 2 N–H and O–H groups in total. The molecule has 1 unspecified atom stereocenters. The van der Waals surface area contributed by atoms with Gasteiger partial charge in [0.25, 0.3) is 0 Å². The van der Waals surface area contributed by atoms with Gasteiger partial charge in [0.1, 0.15) is 0 Å². The van der Waals surface area contributed by atoms with Gasteiger partial charge < -0.3 is 15.3 Å². The van der Waals surface area contributed by atoms with E-state index in [-0.39, 0.29) is 18.6 Å². The van der Waals surface area contributed by atoms with Gasteiger partial charge in [0.05, 0.1) is 5.92 Å². The maximum absolute atomic E-state index is 12.5. The monoisotopic (exact) mass is 292 g/mol. The van der Waals surface area contributed by atoms with Gasteiger partial charge >= 0.3 is 12.0 Å². The van der Waals surface area contributed by atoms with Crippen molar-refractivity contribution in [3.05, 3.63) is 0 Å². The summed E-state index contributed by atoms with van der Waals surface area (Å²) < 4.78 is 25.0. The molecule has 0 aliphatic heterocycles. The molecule has 0 aromatic carbocycles. The molecular weight excluding hydrogens is 270 g/mol. The minimum absolute atomic E-state index is 0.0971. The normalized spacial score (nSPS) is 24.2. The zero-order chi connectivity index (χ0) is 15.3. The zero-order valence-electron chi connectivity index (χ0n) is 11.8. The Morgan fingerprint density at radius 3 is 2.30 bits per heavy atom. The molecule has 0 aromatic rings. The highest BCUT2D eigenvalue weighted by Crippen LogP contribution is 2.29. The largest absolute Gasteiger partial charge is 0.481 e. The fraction of sp³-hybridized carbons (Fsp3) is 0.846. The summed E-state index contributed by atoms with van der Waals surface area (Å²) in [6, 6.07) is -0.446. The van der Waals surface area contributed by atoms with Crippen LogP contribution in [0.25, 0.3) is 0 Å². The lowest BCUT2D eigenvalue weighted by atomic mass is 9.86. The van der Waals surface area contributed by atoms with E-state index in [9.17, 15) is 18.4 Å². The van der Waals surface area contributed by atoms with Gasteiger partial charge in [-0.05, 0) is 25.7 Å². The van der Waals surface area contributed by atoms with E-state index in [4.69, 9.17) is 5.11 Å². The Labute approximate surface area is 117 Å². The highest BCUT2D eigenvalue weighted by atomic mass is 19.3. The van der Waals surface area contributed by atoms with Crippen molar-refractivity contribution < 1.29 is 23.5 Å². The van der Waals surface area contributed by atoms with Crippen molar-refractivity contribution in [2.75, 3.05) is 13.6 Å². The van der Waals surface area contributed by atoms with E-state index in [1.54, 1.807) is 0 Å². The number of halogens is 2. The van der Waals surface area contributed by atoms with Gasteiger partial charge in [0.15, 0.2) is 0 Å². The maximum Gasteiger partial charge on any atom is 0.317 e. The fourth-order valence-corrected chi connectivity index (χ4v) is 2.37. The van der Waals surface area contributed by atoms with Gasteiger partial charge in [-0.15, -0.1) is 0 Å². The number of urea groups is 1. The molecule has 1 atom stereocenters. The Bertz CT molecular complexity index is 345. The first-order valence-electron chi connectivity index (χ1n) is 6.83. The predicted octanol–water partition coefficient (Wildman–Crippen LogP) is 2.17. The Kier molecular flexibility index (Phi) is 6.16. The van der Waals surface area contributed by atoms with Gasteiger partial charge in [-0.1, -0.05) is 6.92 Å². The standard InChI is InChI=1S/C13H22F2N2O3/c1-8(12(18)19)7-17(2)13(20)16-10-5-3-9(4-6-10)11(14)15/h8-11H,3-7H2,1-2H3,(H,16,20)(H,18,19). The summed E-state index contributed by atoms with van der Waals surface area (Å²) >= 11 is 0. The van der Waals surface area contributed by atoms with Crippen LogP contribution in [0.15, 0.2) is 0 Å². The number of hydrogen-bond donors (Lipinski definition) is 2. The minimum atomic E-state index is -2.29. The summed E-state index contributed by atoms with van der Waals surface area (Å²) in [4.78, 5) is 23.9. The number of nitrogens with zero attached hydrogens (tertiary/aromatic N) is 1. The first-order valence-corrected chi connectivity index (χ1v) is 6.83. The third kappa shape index (κ3) is 4.94. The summed E-state index contributed by atoms with van der Waals surface area (Å²) in [5.74, 6) is -2.16. The predicted molar refractivity (Wildman–Crippen MR) is 69.7 cm³/mol. The molecule has 116 valence electrons. The lowest BCUT2D eigenvalue weighted by Gasteiger charge is -2.30. The van der Waals surface area contributed by atoms with Crippen molar-refractivity contribution in [3.8, 4) is 0 Å². The van der Waals surface area contributed by atoms with Crippen LogP contribution in [0.3, 0.4) is 0 Å². The number of carboxylic acid groups (broad SMARTS) is 1. The number of nitrogens with one attached hydrogen (secondary N) is 1. The molecule has 1 rings (SSSR count). The summed E-state index contributed by atoms with van der Waals surface area (Å²) in [5, 5.41) is 11.6. The molecule has 0 radical (unpaired) electrons. The van der Waals surface area contributed by atoms with Crippen LogP contribution in [0.1, 0.15) is 32.6 Å². The van der Waals surface area contributed by atoms with Crippen LogP contribution in [-0.4, -0.2) is 48.1 Å². The lowest BCUT2D eigenvalue weighted by molar-refractivity contribution is -0.141. The van der Waals surface area contributed by atoms with E-state index in [0.717, 1.165) is 0 Å². The van der Waals surface area contributed by atoms with Gasteiger partial charge in [-0.2, -0.15) is 0 Å². The second-order valence-corrected chi connectivity index (χ2v) is 5.52. The first kappa shape index (κ1) is 16.7. The molecule has 1 fully saturated rings. The van der Waals surface area contributed by atoms with Crippen LogP contribution >= 0.6 is 0 Å². The van der Waals surface area contributed by atoms with Crippen LogP contribution in [0.5, 0.6) is 0 Å². The zero-order valence-corrected chi connectivity index (χ0v) is 11.8. The summed E-state index contributed by atoms with van der Waals surface area (Å²) in [7, 11) is 1.53. The summed E-state index contributed by atoms with van der Waals surface area (Å²) in [5.41, 5.74) is 0. The molecule has 1 saturated carbocycles. The van der Waals surface area contributed by atoms with Crippen LogP contribution in [0.4, 0.5) is 13.6 Å². The number of carbonyl (C=O) groups is 2. The van der Waals surface area contributed by atoms with Gasteiger partial charge in [0, 0.05) is 25.6 Å². The maximum atomic E-state index is 12.5. The van der Waals surface area contributed by atoms with Crippen molar-refractivity contribution in [3.63, 3.8) is 0 Å². The van der Waals surface area contributed by atoms with Gasteiger partial charge in [0.2, 0.25) is 6.43 Å². The molecule has 0 bridgehead atoms. The Morgan fingerprint density at radius 2 is 1.85 bits per heavy atom. The first-order chi connectivity index (χ1) is 9.31. The number of hydrogen-bond acceptors (Lipinski definition) is 2. The number of aliphatic carboxylic acids is 1. The highest BCUT2D eigenvalue weighted by Gasteiger charge is 2.28. The number of rotatable bonds is 5. The van der Waals surface area contributed by atoms with Crippen molar-refractivity contribution in [1.29, 1.82) is 0 Å². The second-order valence-electron chi connectivity index (χ2n) is 5.52. The third-order valence-electron chi connectivity index (χ3n) is 3.77. The fourth-order valence-electron chi connectivity index (χ4n) is 2.37. The molecule has 0 aromatic heterocycles. The topological polar surface area (TPSA) is 69.6 Å². The number of alkyl halides is 2. The third-order valence-corrected chi connectivity index (χ3v) is 3.77. The van der Waals surface area contributed by atoms with Crippen LogP contribution < -0.4 is 5.32 Å². The highest BCUT2D eigenvalue weighted by molar-refractivity contribution is 5.76. The van der Waals surface area contributed by atoms with Gasteiger partial charge in [-0.25, -0.2) is 13.6 Å². The molecule has 1 aliphatic carbocycles.